The monoisotopic (exact) mass is 376 g/mol. The van der Waals surface area contributed by atoms with Crippen LogP contribution in [-0.4, -0.2) is 20.6 Å². The third kappa shape index (κ3) is 3.68. The number of benzene rings is 2. The molecule has 0 aliphatic carbocycles. The first kappa shape index (κ1) is 17.7. The van der Waals surface area contributed by atoms with E-state index in [0.29, 0.717) is 17.4 Å². The molecule has 0 aliphatic rings. The molecule has 2 aromatic carbocycles. The molecule has 0 fully saturated rings. The molecule has 0 spiro atoms. The summed E-state index contributed by atoms with van der Waals surface area (Å²) in [6.07, 6.45) is 1.73. The average Bonchev–Trinajstić information content (AvgIpc) is 3.34. The van der Waals surface area contributed by atoms with E-state index in [1.165, 1.54) is 12.1 Å². The second kappa shape index (κ2) is 7.48. The third-order valence-corrected chi connectivity index (χ3v) is 4.26. The average molecular weight is 376 g/mol. The summed E-state index contributed by atoms with van der Waals surface area (Å²) in [6, 6.07) is 17.2. The van der Waals surface area contributed by atoms with E-state index in [1.807, 2.05) is 31.2 Å². The lowest BCUT2D eigenvalue weighted by Crippen LogP contribution is -2.18. The fourth-order valence-corrected chi connectivity index (χ4v) is 2.79. The van der Waals surface area contributed by atoms with Crippen LogP contribution in [0.1, 0.15) is 21.9 Å². The Bertz CT molecular complexity index is 1120. The van der Waals surface area contributed by atoms with Crippen molar-refractivity contribution in [3.05, 3.63) is 89.8 Å². The number of nitrogens with zero attached hydrogens (tertiary/aromatic N) is 3. The molecule has 2 aromatic heterocycles. The van der Waals surface area contributed by atoms with Gasteiger partial charge in [-0.15, -0.1) is 0 Å². The molecule has 28 heavy (non-hydrogen) atoms. The summed E-state index contributed by atoms with van der Waals surface area (Å²) in [5.74, 6) is -0.0570. The Morgan fingerprint density at radius 1 is 1.11 bits per heavy atom. The number of amides is 1. The van der Waals surface area contributed by atoms with Gasteiger partial charge in [-0.1, -0.05) is 35.0 Å². The summed E-state index contributed by atoms with van der Waals surface area (Å²) in [4.78, 5) is 16.9. The summed E-state index contributed by atoms with van der Waals surface area (Å²) in [5.41, 5.74) is 2.46. The van der Waals surface area contributed by atoms with E-state index in [9.17, 15) is 9.18 Å². The molecule has 6 nitrogen and oxygen atoms in total. The van der Waals surface area contributed by atoms with Gasteiger partial charge in [-0.2, -0.15) is 4.98 Å². The zero-order valence-corrected chi connectivity index (χ0v) is 15.1. The van der Waals surface area contributed by atoms with Crippen molar-refractivity contribution in [2.45, 2.75) is 13.5 Å². The van der Waals surface area contributed by atoms with Crippen LogP contribution in [0.25, 0.3) is 11.5 Å². The fraction of sp³-hybridized carbons (Fsp3) is 0.0952. The molecule has 1 N–H and O–H groups in total. The number of aryl methyl sites for hydroxylation is 1. The second-order valence-electron chi connectivity index (χ2n) is 6.34. The van der Waals surface area contributed by atoms with Gasteiger partial charge < -0.3 is 14.4 Å². The zero-order valence-electron chi connectivity index (χ0n) is 15.1. The molecule has 0 aliphatic heterocycles. The standard InChI is InChI=1S/C21H17FN4O2/c1-14-8-10-15(11-9-14)21-24-19(25-28-21)13-26-12-4-7-18(26)20(27)23-17-6-3-2-5-16(17)22/h2-12H,13H2,1H3,(H,23,27). The Morgan fingerprint density at radius 2 is 1.89 bits per heavy atom. The minimum absolute atomic E-state index is 0.126. The maximum atomic E-state index is 13.8. The molecule has 0 radical (unpaired) electrons. The van der Waals surface area contributed by atoms with Crippen molar-refractivity contribution >= 4 is 11.6 Å². The highest BCUT2D eigenvalue weighted by atomic mass is 19.1. The lowest BCUT2D eigenvalue weighted by atomic mass is 10.1. The number of rotatable bonds is 5. The summed E-state index contributed by atoms with van der Waals surface area (Å²) in [7, 11) is 0. The highest BCUT2D eigenvalue weighted by molar-refractivity contribution is 6.03. The number of carbonyl (C=O) groups is 1. The summed E-state index contributed by atoms with van der Waals surface area (Å²) < 4.78 is 20.8. The molecule has 4 rings (SSSR count). The summed E-state index contributed by atoms with van der Waals surface area (Å²) in [5, 5.41) is 6.57. The fourth-order valence-electron chi connectivity index (χ4n) is 2.79. The Hall–Kier alpha value is -3.74. The topological polar surface area (TPSA) is 73.0 Å². The van der Waals surface area contributed by atoms with E-state index >= 15 is 0 Å². The predicted octanol–water partition coefficient (Wildman–Crippen LogP) is 4.29. The number of hydrogen-bond acceptors (Lipinski definition) is 4. The van der Waals surface area contributed by atoms with E-state index in [4.69, 9.17) is 4.52 Å². The zero-order chi connectivity index (χ0) is 19.5. The van der Waals surface area contributed by atoms with Crippen LogP contribution in [0.4, 0.5) is 10.1 Å². The van der Waals surface area contributed by atoms with Gasteiger partial charge in [0.1, 0.15) is 11.5 Å². The third-order valence-electron chi connectivity index (χ3n) is 4.26. The molecule has 0 bridgehead atoms. The van der Waals surface area contributed by atoms with Crippen LogP contribution in [-0.2, 0) is 6.54 Å². The molecule has 2 heterocycles. The van der Waals surface area contributed by atoms with E-state index in [1.54, 1.807) is 35.0 Å². The molecular formula is C21H17FN4O2. The smallest absolute Gasteiger partial charge is 0.272 e. The molecule has 7 heteroatoms. The minimum Gasteiger partial charge on any atom is -0.336 e. The Balaban J connectivity index is 1.51. The van der Waals surface area contributed by atoms with Gasteiger partial charge in [0.15, 0.2) is 5.82 Å². The van der Waals surface area contributed by atoms with Crippen LogP contribution in [0, 0.1) is 12.7 Å². The number of nitrogens with one attached hydrogen (secondary N) is 1. The van der Waals surface area contributed by atoms with Crippen molar-refractivity contribution < 1.29 is 13.7 Å². The van der Waals surface area contributed by atoms with Gasteiger partial charge in [0, 0.05) is 11.8 Å². The lowest BCUT2D eigenvalue weighted by Gasteiger charge is -2.08. The first-order valence-electron chi connectivity index (χ1n) is 8.71. The van der Waals surface area contributed by atoms with Crippen LogP contribution in [0.5, 0.6) is 0 Å². The minimum atomic E-state index is -0.491. The van der Waals surface area contributed by atoms with Gasteiger partial charge >= 0.3 is 0 Å². The molecule has 0 saturated heterocycles. The highest BCUT2D eigenvalue weighted by Gasteiger charge is 2.15. The maximum Gasteiger partial charge on any atom is 0.272 e. The molecular weight excluding hydrogens is 359 g/mol. The van der Waals surface area contributed by atoms with E-state index < -0.39 is 11.7 Å². The van der Waals surface area contributed by atoms with Crippen molar-refractivity contribution in [1.29, 1.82) is 0 Å². The van der Waals surface area contributed by atoms with Crippen LogP contribution >= 0.6 is 0 Å². The van der Waals surface area contributed by atoms with Gasteiger partial charge in [-0.3, -0.25) is 4.79 Å². The Labute approximate surface area is 160 Å². The van der Waals surface area contributed by atoms with Crippen LogP contribution in [0.3, 0.4) is 0 Å². The van der Waals surface area contributed by atoms with E-state index in [0.717, 1.165) is 11.1 Å². The normalized spacial score (nSPS) is 10.8. The number of anilines is 1. The molecule has 0 atom stereocenters. The number of carbonyl (C=O) groups excluding carboxylic acids is 1. The van der Waals surface area contributed by atoms with Crippen molar-refractivity contribution in [2.24, 2.45) is 0 Å². The van der Waals surface area contributed by atoms with Crippen molar-refractivity contribution in [3.63, 3.8) is 0 Å². The second-order valence-corrected chi connectivity index (χ2v) is 6.34. The van der Waals surface area contributed by atoms with Crippen LogP contribution in [0.2, 0.25) is 0 Å². The number of para-hydroxylation sites is 1. The maximum absolute atomic E-state index is 13.8. The van der Waals surface area contributed by atoms with Gasteiger partial charge in [0.2, 0.25) is 0 Å². The number of hydrogen-bond donors (Lipinski definition) is 1. The number of aromatic nitrogens is 3. The van der Waals surface area contributed by atoms with Gasteiger partial charge in [-0.25, -0.2) is 4.39 Å². The van der Waals surface area contributed by atoms with Gasteiger partial charge in [0.25, 0.3) is 11.8 Å². The van der Waals surface area contributed by atoms with E-state index in [2.05, 4.69) is 15.5 Å². The Morgan fingerprint density at radius 3 is 2.68 bits per heavy atom. The summed E-state index contributed by atoms with van der Waals surface area (Å²) >= 11 is 0. The Kier molecular flexibility index (Phi) is 4.72. The SMILES string of the molecule is Cc1ccc(-c2nc(Cn3cccc3C(=O)Nc3ccccc3F)no2)cc1. The first-order valence-corrected chi connectivity index (χ1v) is 8.71. The van der Waals surface area contributed by atoms with Crippen molar-refractivity contribution in [3.8, 4) is 11.5 Å². The molecule has 0 saturated carbocycles. The van der Waals surface area contributed by atoms with Crippen molar-refractivity contribution in [2.75, 3.05) is 5.32 Å². The van der Waals surface area contributed by atoms with Crippen molar-refractivity contribution in [1.82, 2.24) is 14.7 Å². The van der Waals surface area contributed by atoms with Crippen LogP contribution in [0.15, 0.2) is 71.4 Å². The largest absolute Gasteiger partial charge is 0.336 e. The predicted molar refractivity (Wildman–Crippen MR) is 102 cm³/mol. The molecule has 1 amide bonds. The summed E-state index contributed by atoms with van der Waals surface area (Å²) in [6.45, 7) is 2.26. The quantitative estimate of drug-likeness (QED) is 0.564. The van der Waals surface area contributed by atoms with Crippen LogP contribution < -0.4 is 5.32 Å². The van der Waals surface area contributed by atoms with Gasteiger partial charge in [-0.05, 0) is 43.3 Å². The van der Waals surface area contributed by atoms with Gasteiger partial charge in [0.05, 0.1) is 12.2 Å². The first-order chi connectivity index (χ1) is 13.6. The number of halogens is 1. The van der Waals surface area contributed by atoms with E-state index in [-0.39, 0.29) is 12.2 Å². The molecule has 4 aromatic rings. The molecule has 140 valence electrons. The lowest BCUT2D eigenvalue weighted by molar-refractivity contribution is 0.101. The highest BCUT2D eigenvalue weighted by Crippen LogP contribution is 2.19. The molecule has 0 unspecified atom stereocenters.